The number of nitrogens with zero attached hydrogens (tertiary/aromatic N) is 1. The zero-order valence-electron chi connectivity index (χ0n) is 17.0. The number of carbonyl (C=O) groups is 1. The highest BCUT2D eigenvalue weighted by molar-refractivity contribution is 7.89. The molecule has 6 nitrogen and oxygen atoms in total. The molecule has 3 aromatic carbocycles. The van der Waals surface area contributed by atoms with E-state index in [1.807, 2.05) is 13.0 Å². The molecule has 0 aromatic heterocycles. The third-order valence-electron chi connectivity index (χ3n) is 4.42. The van der Waals surface area contributed by atoms with Gasteiger partial charge in [-0.3, -0.25) is 4.79 Å². The monoisotopic (exact) mass is 442 g/mol. The van der Waals surface area contributed by atoms with Crippen LogP contribution < -0.4 is 10.1 Å². The summed E-state index contributed by atoms with van der Waals surface area (Å²) in [5, 5.41) is 2.70. The summed E-state index contributed by atoms with van der Waals surface area (Å²) in [4.78, 5) is 12.6. The summed E-state index contributed by atoms with van der Waals surface area (Å²) < 4.78 is 46.0. The Bertz CT molecular complexity index is 1100. The standard InChI is InChI=1S/C23H23FN2O4S/c1-2-30-21-12-10-20(11-13-21)25-23(27)17-26(16-18-6-4-3-5-7-18)31(28,29)22-14-8-19(24)9-15-22/h3-15H,2,16-17H2,1H3,(H,25,27). The average Bonchev–Trinajstić information content (AvgIpc) is 2.76. The molecule has 162 valence electrons. The number of benzene rings is 3. The summed E-state index contributed by atoms with van der Waals surface area (Å²) in [5.74, 6) is -0.363. The molecule has 0 heterocycles. The number of nitrogens with one attached hydrogen (secondary N) is 1. The van der Waals surface area contributed by atoms with Crippen LogP contribution in [-0.2, 0) is 21.4 Å². The van der Waals surface area contributed by atoms with Crippen molar-refractivity contribution in [1.29, 1.82) is 0 Å². The molecule has 0 bridgehead atoms. The molecule has 0 saturated heterocycles. The van der Waals surface area contributed by atoms with Gasteiger partial charge in [0.15, 0.2) is 0 Å². The number of hydrogen-bond acceptors (Lipinski definition) is 4. The molecule has 0 saturated carbocycles. The fraction of sp³-hybridized carbons (Fsp3) is 0.174. The second-order valence-electron chi connectivity index (χ2n) is 6.72. The van der Waals surface area contributed by atoms with Crippen molar-refractivity contribution >= 4 is 21.6 Å². The number of ether oxygens (including phenoxy) is 1. The van der Waals surface area contributed by atoms with Crippen molar-refractivity contribution in [1.82, 2.24) is 4.31 Å². The summed E-state index contributed by atoms with van der Waals surface area (Å²) in [5.41, 5.74) is 1.24. The Morgan fingerprint density at radius 3 is 2.23 bits per heavy atom. The maximum absolute atomic E-state index is 13.3. The first kappa shape index (κ1) is 22.5. The minimum atomic E-state index is -4.03. The Morgan fingerprint density at radius 1 is 0.968 bits per heavy atom. The number of carbonyl (C=O) groups excluding carboxylic acids is 1. The van der Waals surface area contributed by atoms with Crippen molar-refractivity contribution in [3.05, 3.63) is 90.2 Å². The van der Waals surface area contributed by atoms with Crippen molar-refractivity contribution < 1.29 is 22.3 Å². The number of anilines is 1. The smallest absolute Gasteiger partial charge is 0.243 e. The van der Waals surface area contributed by atoms with Gasteiger partial charge < -0.3 is 10.1 Å². The zero-order chi connectivity index (χ0) is 22.3. The summed E-state index contributed by atoms with van der Waals surface area (Å²) in [7, 11) is -4.03. The molecule has 1 N–H and O–H groups in total. The molecule has 0 atom stereocenters. The molecule has 0 spiro atoms. The van der Waals surface area contributed by atoms with Crippen LogP contribution in [-0.4, -0.2) is 31.8 Å². The van der Waals surface area contributed by atoms with Gasteiger partial charge >= 0.3 is 0 Å². The second-order valence-corrected chi connectivity index (χ2v) is 8.66. The van der Waals surface area contributed by atoms with E-state index in [2.05, 4.69) is 5.32 Å². The van der Waals surface area contributed by atoms with E-state index in [1.165, 1.54) is 12.1 Å². The van der Waals surface area contributed by atoms with Crippen LogP contribution in [0.15, 0.2) is 83.8 Å². The summed E-state index contributed by atoms with van der Waals surface area (Å²) in [6, 6.07) is 20.3. The van der Waals surface area contributed by atoms with Crippen LogP contribution in [0.2, 0.25) is 0 Å². The van der Waals surface area contributed by atoms with Gasteiger partial charge in [-0.1, -0.05) is 30.3 Å². The quantitative estimate of drug-likeness (QED) is 0.542. The Balaban J connectivity index is 1.80. The zero-order valence-corrected chi connectivity index (χ0v) is 17.8. The Hall–Kier alpha value is -3.23. The summed E-state index contributed by atoms with van der Waals surface area (Å²) in [6.07, 6.45) is 0. The molecule has 0 aliphatic rings. The van der Waals surface area contributed by atoms with E-state index < -0.39 is 28.3 Å². The predicted molar refractivity (Wildman–Crippen MR) is 117 cm³/mol. The highest BCUT2D eigenvalue weighted by Crippen LogP contribution is 2.20. The van der Waals surface area contributed by atoms with Gasteiger partial charge in [-0.05, 0) is 61.0 Å². The first-order valence-electron chi connectivity index (χ1n) is 9.71. The van der Waals surface area contributed by atoms with E-state index >= 15 is 0 Å². The molecule has 3 aromatic rings. The maximum atomic E-state index is 13.3. The highest BCUT2D eigenvalue weighted by atomic mass is 32.2. The van der Waals surface area contributed by atoms with E-state index in [9.17, 15) is 17.6 Å². The minimum absolute atomic E-state index is 0.00273. The van der Waals surface area contributed by atoms with Gasteiger partial charge in [0.25, 0.3) is 0 Å². The molecular formula is C23H23FN2O4S. The van der Waals surface area contributed by atoms with Gasteiger partial charge in [-0.15, -0.1) is 0 Å². The van der Waals surface area contributed by atoms with E-state index in [0.29, 0.717) is 18.0 Å². The largest absolute Gasteiger partial charge is 0.494 e. The van der Waals surface area contributed by atoms with Crippen LogP contribution >= 0.6 is 0 Å². The lowest BCUT2D eigenvalue weighted by Crippen LogP contribution is -2.37. The van der Waals surface area contributed by atoms with Crippen molar-refractivity contribution in [2.24, 2.45) is 0 Å². The summed E-state index contributed by atoms with van der Waals surface area (Å²) >= 11 is 0. The van der Waals surface area contributed by atoms with E-state index in [4.69, 9.17) is 4.74 Å². The van der Waals surface area contributed by atoms with Crippen molar-refractivity contribution in [2.75, 3.05) is 18.5 Å². The number of amides is 1. The van der Waals surface area contributed by atoms with Crippen LogP contribution in [0.1, 0.15) is 12.5 Å². The molecule has 0 aliphatic heterocycles. The average molecular weight is 443 g/mol. The molecule has 1 amide bonds. The fourth-order valence-corrected chi connectivity index (χ4v) is 4.31. The van der Waals surface area contributed by atoms with Crippen molar-refractivity contribution in [3.8, 4) is 5.75 Å². The number of halogens is 1. The van der Waals surface area contributed by atoms with E-state index in [1.54, 1.807) is 48.5 Å². The molecule has 3 rings (SSSR count). The van der Waals surface area contributed by atoms with Gasteiger partial charge in [-0.25, -0.2) is 12.8 Å². The molecule has 31 heavy (non-hydrogen) atoms. The van der Waals surface area contributed by atoms with Gasteiger partial charge in [0.05, 0.1) is 18.0 Å². The van der Waals surface area contributed by atoms with Crippen molar-refractivity contribution in [2.45, 2.75) is 18.4 Å². The third kappa shape index (κ3) is 6.13. The SMILES string of the molecule is CCOc1ccc(NC(=O)CN(Cc2ccccc2)S(=O)(=O)c2ccc(F)cc2)cc1. The lowest BCUT2D eigenvalue weighted by molar-refractivity contribution is -0.116. The molecule has 8 heteroatoms. The van der Waals surface area contributed by atoms with Gasteiger partial charge in [0, 0.05) is 12.2 Å². The Morgan fingerprint density at radius 2 is 1.61 bits per heavy atom. The van der Waals surface area contributed by atoms with Gasteiger partial charge in [0.2, 0.25) is 15.9 Å². The van der Waals surface area contributed by atoms with E-state index in [-0.39, 0.29) is 11.4 Å². The lowest BCUT2D eigenvalue weighted by Gasteiger charge is -2.22. The van der Waals surface area contributed by atoms with Crippen LogP contribution in [0.4, 0.5) is 10.1 Å². The molecule has 0 aliphatic carbocycles. The van der Waals surface area contributed by atoms with Crippen LogP contribution in [0, 0.1) is 5.82 Å². The van der Waals surface area contributed by atoms with E-state index in [0.717, 1.165) is 22.0 Å². The lowest BCUT2D eigenvalue weighted by atomic mass is 10.2. The highest BCUT2D eigenvalue weighted by Gasteiger charge is 2.27. The summed E-state index contributed by atoms with van der Waals surface area (Å²) in [6.45, 7) is 2.00. The Kier molecular flexibility index (Phi) is 7.38. The first-order valence-corrected chi connectivity index (χ1v) is 11.1. The first-order chi connectivity index (χ1) is 14.9. The van der Waals surface area contributed by atoms with Crippen molar-refractivity contribution in [3.63, 3.8) is 0 Å². The van der Waals surface area contributed by atoms with Crippen LogP contribution in [0.3, 0.4) is 0 Å². The van der Waals surface area contributed by atoms with Crippen LogP contribution in [0.5, 0.6) is 5.75 Å². The van der Waals surface area contributed by atoms with Gasteiger partial charge in [0.1, 0.15) is 11.6 Å². The predicted octanol–water partition coefficient (Wildman–Crippen LogP) is 4.05. The maximum Gasteiger partial charge on any atom is 0.243 e. The molecule has 0 fully saturated rings. The normalized spacial score (nSPS) is 11.3. The fourth-order valence-electron chi connectivity index (χ4n) is 2.93. The van der Waals surface area contributed by atoms with Crippen LogP contribution in [0.25, 0.3) is 0 Å². The second kappa shape index (κ2) is 10.2. The minimum Gasteiger partial charge on any atom is -0.494 e. The molecule has 0 radical (unpaired) electrons. The number of rotatable bonds is 9. The topological polar surface area (TPSA) is 75.7 Å². The number of sulfonamides is 1. The molecule has 0 unspecified atom stereocenters. The number of hydrogen-bond donors (Lipinski definition) is 1. The molecular weight excluding hydrogens is 419 g/mol. The van der Waals surface area contributed by atoms with Gasteiger partial charge in [-0.2, -0.15) is 4.31 Å². The Labute approximate surface area is 181 Å². The third-order valence-corrected chi connectivity index (χ3v) is 6.23.